The number of hydrogen-bond acceptors (Lipinski definition) is 5. The van der Waals surface area contributed by atoms with Crippen LogP contribution in [0.25, 0.3) is 0 Å². The highest BCUT2D eigenvalue weighted by molar-refractivity contribution is 5.93. The quantitative estimate of drug-likeness (QED) is 0.543. The van der Waals surface area contributed by atoms with Crippen molar-refractivity contribution in [3.05, 3.63) is 23.9 Å². The number of carbonyl (C=O) groups is 2. The molecule has 17 heavy (non-hydrogen) atoms. The number of hydrogen-bond donors (Lipinski definition) is 3. The van der Waals surface area contributed by atoms with Crippen LogP contribution in [0.1, 0.15) is 10.4 Å². The molecule has 0 atom stereocenters. The minimum atomic E-state index is -0.543. The summed E-state index contributed by atoms with van der Waals surface area (Å²) in [5.74, 6) is -0.467. The Kier molecular flexibility index (Phi) is 4.89. The first-order chi connectivity index (χ1) is 8.09. The van der Waals surface area contributed by atoms with Crippen molar-refractivity contribution in [3.63, 3.8) is 0 Å². The van der Waals surface area contributed by atoms with Crippen LogP contribution in [0.5, 0.6) is 0 Å². The van der Waals surface area contributed by atoms with Crippen LogP contribution in [-0.4, -0.2) is 36.6 Å². The van der Waals surface area contributed by atoms with Gasteiger partial charge in [-0.3, -0.25) is 9.59 Å². The molecule has 1 aromatic heterocycles. The summed E-state index contributed by atoms with van der Waals surface area (Å²) in [6.07, 6.45) is 1.38. The van der Waals surface area contributed by atoms with Gasteiger partial charge < -0.3 is 21.5 Å². The smallest absolute Gasteiger partial charge is 0.252 e. The maximum absolute atomic E-state index is 11.5. The van der Waals surface area contributed by atoms with Gasteiger partial charge in [-0.15, -0.1) is 0 Å². The van der Waals surface area contributed by atoms with Crippen LogP contribution in [-0.2, 0) is 9.53 Å². The Morgan fingerprint density at radius 3 is 2.76 bits per heavy atom. The Labute approximate surface area is 98.1 Å². The highest BCUT2D eigenvalue weighted by Crippen LogP contribution is 2.00. The lowest BCUT2D eigenvalue weighted by Gasteiger charge is -2.05. The largest absolute Gasteiger partial charge is 0.384 e. The first-order valence-corrected chi connectivity index (χ1v) is 4.95. The summed E-state index contributed by atoms with van der Waals surface area (Å²) >= 11 is 0. The van der Waals surface area contributed by atoms with Crippen LogP contribution in [0.2, 0.25) is 0 Å². The van der Waals surface area contributed by atoms with E-state index in [1.807, 2.05) is 0 Å². The molecule has 1 aromatic rings. The second kappa shape index (κ2) is 6.44. The number of nitrogens with zero attached hydrogens (tertiary/aromatic N) is 1. The monoisotopic (exact) mass is 238 g/mol. The average molecular weight is 238 g/mol. The van der Waals surface area contributed by atoms with Gasteiger partial charge in [-0.05, 0) is 12.1 Å². The molecule has 1 rings (SSSR count). The first kappa shape index (κ1) is 12.9. The first-order valence-electron chi connectivity index (χ1n) is 4.95. The summed E-state index contributed by atoms with van der Waals surface area (Å²) in [5.41, 5.74) is 10.7. The van der Waals surface area contributed by atoms with Gasteiger partial charge in [0.1, 0.15) is 12.4 Å². The summed E-state index contributed by atoms with van der Waals surface area (Å²) in [5, 5.41) is 2.60. The SMILES string of the molecule is NC(=O)COCCNC(=O)c1ccc(N)nc1. The van der Waals surface area contributed by atoms with E-state index in [0.717, 1.165) is 0 Å². The number of pyridine rings is 1. The molecular formula is C10H14N4O3. The molecule has 7 heteroatoms. The van der Waals surface area contributed by atoms with Gasteiger partial charge in [0.2, 0.25) is 5.91 Å². The third-order valence-electron chi connectivity index (χ3n) is 1.82. The van der Waals surface area contributed by atoms with Crippen molar-refractivity contribution in [1.29, 1.82) is 0 Å². The highest BCUT2D eigenvalue weighted by atomic mass is 16.5. The van der Waals surface area contributed by atoms with E-state index in [-0.39, 0.29) is 25.7 Å². The molecule has 5 N–H and O–H groups in total. The Balaban J connectivity index is 2.25. The molecule has 0 radical (unpaired) electrons. The molecule has 0 bridgehead atoms. The molecule has 0 aliphatic heterocycles. The van der Waals surface area contributed by atoms with Gasteiger partial charge in [-0.2, -0.15) is 0 Å². The summed E-state index contributed by atoms with van der Waals surface area (Å²) < 4.78 is 4.88. The zero-order valence-electron chi connectivity index (χ0n) is 9.18. The molecule has 0 saturated heterocycles. The number of aromatic nitrogens is 1. The predicted octanol–water partition coefficient (Wildman–Crippen LogP) is -1.10. The van der Waals surface area contributed by atoms with Crippen LogP contribution < -0.4 is 16.8 Å². The predicted molar refractivity (Wildman–Crippen MR) is 61.0 cm³/mol. The summed E-state index contributed by atoms with van der Waals surface area (Å²) in [7, 11) is 0. The Bertz CT molecular complexity index is 391. The van der Waals surface area contributed by atoms with Crippen LogP contribution >= 0.6 is 0 Å². The van der Waals surface area contributed by atoms with E-state index in [1.165, 1.54) is 6.20 Å². The number of nitrogens with two attached hydrogens (primary N) is 2. The molecule has 0 aliphatic carbocycles. The fourth-order valence-corrected chi connectivity index (χ4v) is 1.05. The van der Waals surface area contributed by atoms with E-state index >= 15 is 0 Å². The van der Waals surface area contributed by atoms with Crippen molar-refractivity contribution in [1.82, 2.24) is 10.3 Å². The Hall–Kier alpha value is -2.15. The van der Waals surface area contributed by atoms with Gasteiger partial charge in [0.25, 0.3) is 5.91 Å². The van der Waals surface area contributed by atoms with Gasteiger partial charge in [0.15, 0.2) is 0 Å². The van der Waals surface area contributed by atoms with E-state index in [1.54, 1.807) is 12.1 Å². The zero-order valence-corrected chi connectivity index (χ0v) is 9.18. The molecular weight excluding hydrogens is 224 g/mol. The van der Waals surface area contributed by atoms with Gasteiger partial charge in [0.05, 0.1) is 12.2 Å². The molecule has 2 amide bonds. The standard InChI is InChI=1S/C10H14N4O3/c11-8-2-1-7(5-14-8)10(16)13-3-4-17-6-9(12)15/h1-2,5H,3-4,6H2,(H2,11,14)(H2,12,15)(H,13,16). The molecule has 7 nitrogen and oxygen atoms in total. The Morgan fingerprint density at radius 1 is 1.41 bits per heavy atom. The summed E-state index contributed by atoms with van der Waals surface area (Å²) in [4.78, 5) is 25.6. The second-order valence-corrected chi connectivity index (χ2v) is 3.25. The van der Waals surface area contributed by atoms with E-state index in [4.69, 9.17) is 16.2 Å². The highest BCUT2D eigenvalue weighted by Gasteiger charge is 2.04. The van der Waals surface area contributed by atoms with Crippen molar-refractivity contribution < 1.29 is 14.3 Å². The fourth-order valence-electron chi connectivity index (χ4n) is 1.05. The summed E-state index contributed by atoms with van der Waals surface area (Å²) in [6, 6.07) is 3.11. The number of nitrogens with one attached hydrogen (secondary N) is 1. The normalized spacial score (nSPS) is 9.88. The van der Waals surface area contributed by atoms with Gasteiger partial charge >= 0.3 is 0 Å². The lowest BCUT2D eigenvalue weighted by molar-refractivity contribution is -0.122. The van der Waals surface area contributed by atoms with Crippen LogP contribution in [0.4, 0.5) is 5.82 Å². The number of carbonyl (C=O) groups excluding carboxylic acids is 2. The topological polar surface area (TPSA) is 120 Å². The molecule has 0 unspecified atom stereocenters. The van der Waals surface area contributed by atoms with E-state index in [2.05, 4.69) is 10.3 Å². The molecule has 0 spiro atoms. The van der Waals surface area contributed by atoms with Gasteiger partial charge in [-0.25, -0.2) is 4.98 Å². The molecule has 0 fully saturated rings. The van der Waals surface area contributed by atoms with Crippen molar-refractivity contribution in [2.45, 2.75) is 0 Å². The third-order valence-corrected chi connectivity index (χ3v) is 1.82. The van der Waals surface area contributed by atoms with Crippen molar-refractivity contribution in [2.75, 3.05) is 25.5 Å². The van der Waals surface area contributed by atoms with Crippen LogP contribution in [0.15, 0.2) is 18.3 Å². The molecule has 0 aromatic carbocycles. The number of rotatable bonds is 6. The van der Waals surface area contributed by atoms with Crippen LogP contribution in [0.3, 0.4) is 0 Å². The van der Waals surface area contributed by atoms with Crippen molar-refractivity contribution >= 4 is 17.6 Å². The lowest BCUT2D eigenvalue weighted by atomic mass is 10.2. The molecule has 1 heterocycles. The molecule has 0 aliphatic rings. The average Bonchev–Trinajstić information content (AvgIpc) is 2.29. The minimum Gasteiger partial charge on any atom is -0.384 e. The number of anilines is 1. The lowest BCUT2D eigenvalue weighted by Crippen LogP contribution is -2.28. The Morgan fingerprint density at radius 2 is 2.18 bits per heavy atom. The van der Waals surface area contributed by atoms with Crippen molar-refractivity contribution in [2.24, 2.45) is 5.73 Å². The van der Waals surface area contributed by atoms with E-state index in [9.17, 15) is 9.59 Å². The molecule has 0 saturated carbocycles. The maximum atomic E-state index is 11.5. The fraction of sp³-hybridized carbons (Fsp3) is 0.300. The molecule has 92 valence electrons. The second-order valence-electron chi connectivity index (χ2n) is 3.25. The third kappa shape index (κ3) is 4.94. The van der Waals surface area contributed by atoms with Crippen molar-refractivity contribution in [3.8, 4) is 0 Å². The van der Waals surface area contributed by atoms with E-state index in [0.29, 0.717) is 11.4 Å². The minimum absolute atomic E-state index is 0.153. The summed E-state index contributed by atoms with van der Waals surface area (Å²) in [6.45, 7) is 0.354. The van der Waals surface area contributed by atoms with Crippen LogP contribution in [0, 0.1) is 0 Å². The number of primary amides is 1. The van der Waals surface area contributed by atoms with Gasteiger partial charge in [0, 0.05) is 12.7 Å². The maximum Gasteiger partial charge on any atom is 0.252 e. The number of amides is 2. The number of nitrogen functional groups attached to an aromatic ring is 1. The zero-order chi connectivity index (χ0) is 12.7. The number of ether oxygens (including phenoxy) is 1. The van der Waals surface area contributed by atoms with E-state index < -0.39 is 5.91 Å². The van der Waals surface area contributed by atoms with Gasteiger partial charge in [-0.1, -0.05) is 0 Å².